The van der Waals surface area contributed by atoms with Gasteiger partial charge in [0.1, 0.15) is 5.82 Å². The van der Waals surface area contributed by atoms with Crippen molar-refractivity contribution in [1.82, 2.24) is 0 Å². The van der Waals surface area contributed by atoms with Crippen molar-refractivity contribution >= 4 is 33.2 Å². The summed E-state index contributed by atoms with van der Waals surface area (Å²) in [7, 11) is 0. The number of benzene rings is 1. The predicted octanol–water partition coefficient (Wildman–Crippen LogP) is 2.73. The Labute approximate surface area is 102 Å². The molecule has 0 radical (unpaired) electrons. The maximum atomic E-state index is 13.4. The Morgan fingerprint density at radius 3 is 2.80 bits per heavy atom. The molecule has 1 aromatic carbocycles. The highest BCUT2D eigenvalue weighted by Crippen LogP contribution is 2.17. The highest BCUT2D eigenvalue weighted by molar-refractivity contribution is 9.08. The van der Waals surface area contributed by atoms with Crippen LogP contribution in [-0.2, 0) is 5.33 Å². The lowest BCUT2D eigenvalue weighted by molar-refractivity contribution is 0.211. The molecular weight excluding hydrogens is 284 g/mol. The van der Waals surface area contributed by atoms with E-state index in [1.54, 1.807) is 6.07 Å². The normalized spacial score (nSPS) is 12.5. The summed E-state index contributed by atoms with van der Waals surface area (Å²) in [6.07, 6.45) is -0.665. The molecular formula is C10H12BrClFNO. The first kappa shape index (κ1) is 12.7. The van der Waals surface area contributed by atoms with Gasteiger partial charge < -0.3 is 10.4 Å². The van der Waals surface area contributed by atoms with Crippen LogP contribution in [0.4, 0.5) is 10.1 Å². The summed E-state index contributed by atoms with van der Waals surface area (Å²) >= 11 is 8.66. The van der Waals surface area contributed by atoms with E-state index in [2.05, 4.69) is 21.2 Å². The van der Waals surface area contributed by atoms with Gasteiger partial charge in [0.25, 0.3) is 0 Å². The van der Waals surface area contributed by atoms with Gasteiger partial charge in [-0.2, -0.15) is 0 Å². The summed E-state index contributed by atoms with van der Waals surface area (Å²) in [6, 6.07) is 4.91. The van der Waals surface area contributed by atoms with Crippen LogP contribution < -0.4 is 5.32 Å². The summed E-state index contributed by atoms with van der Waals surface area (Å²) in [6.45, 7) is 0.244. The zero-order chi connectivity index (χ0) is 11.3. The summed E-state index contributed by atoms with van der Waals surface area (Å²) in [5, 5.41) is 12.6. The van der Waals surface area contributed by atoms with E-state index in [9.17, 15) is 9.50 Å². The fourth-order valence-corrected chi connectivity index (χ4v) is 1.53. The van der Waals surface area contributed by atoms with Gasteiger partial charge in [0, 0.05) is 11.9 Å². The van der Waals surface area contributed by atoms with Gasteiger partial charge in [-0.25, -0.2) is 4.39 Å². The Balaban J connectivity index is 2.62. The number of aliphatic hydroxyl groups is 1. The Morgan fingerprint density at radius 1 is 1.53 bits per heavy atom. The minimum Gasteiger partial charge on any atom is -0.390 e. The van der Waals surface area contributed by atoms with E-state index in [-0.39, 0.29) is 18.2 Å². The van der Waals surface area contributed by atoms with Crippen LogP contribution >= 0.6 is 27.5 Å². The summed E-state index contributed by atoms with van der Waals surface area (Å²) in [5.41, 5.74) is 1.25. The first-order valence-electron chi connectivity index (χ1n) is 4.49. The molecule has 0 aromatic heterocycles. The van der Waals surface area contributed by atoms with Crippen LogP contribution in [0.5, 0.6) is 0 Å². The van der Waals surface area contributed by atoms with Gasteiger partial charge in [0.2, 0.25) is 0 Å². The molecule has 5 heteroatoms. The number of hydrogen-bond acceptors (Lipinski definition) is 2. The molecule has 2 nitrogen and oxygen atoms in total. The van der Waals surface area contributed by atoms with Gasteiger partial charge in [-0.05, 0) is 17.7 Å². The van der Waals surface area contributed by atoms with E-state index in [1.165, 1.54) is 6.07 Å². The molecule has 0 fully saturated rings. The largest absolute Gasteiger partial charge is 0.390 e. The third-order valence-electron chi connectivity index (χ3n) is 1.89. The van der Waals surface area contributed by atoms with Crippen molar-refractivity contribution in [2.75, 3.05) is 17.7 Å². The van der Waals surface area contributed by atoms with Crippen molar-refractivity contribution < 1.29 is 9.50 Å². The number of rotatable bonds is 5. The van der Waals surface area contributed by atoms with Crippen molar-refractivity contribution in [2.45, 2.75) is 11.4 Å². The fourth-order valence-electron chi connectivity index (χ4n) is 1.07. The number of aliphatic hydroxyl groups excluding tert-OH is 1. The molecule has 15 heavy (non-hydrogen) atoms. The molecule has 0 amide bonds. The van der Waals surface area contributed by atoms with Gasteiger partial charge in [0.05, 0.1) is 17.7 Å². The van der Waals surface area contributed by atoms with Crippen molar-refractivity contribution in [3.8, 4) is 0 Å². The summed E-state index contributed by atoms with van der Waals surface area (Å²) < 4.78 is 13.4. The molecule has 0 saturated heterocycles. The molecule has 1 aromatic rings. The van der Waals surface area contributed by atoms with E-state index in [4.69, 9.17) is 11.6 Å². The maximum absolute atomic E-state index is 13.4. The predicted molar refractivity (Wildman–Crippen MR) is 64.2 cm³/mol. The Bertz CT molecular complexity index is 324. The van der Waals surface area contributed by atoms with Crippen molar-refractivity contribution in [3.63, 3.8) is 0 Å². The first-order valence-corrected chi connectivity index (χ1v) is 6.15. The molecule has 0 spiro atoms. The van der Waals surface area contributed by atoms with Crippen LogP contribution in [0.1, 0.15) is 5.56 Å². The van der Waals surface area contributed by atoms with Gasteiger partial charge in [-0.1, -0.05) is 22.0 Å². The second-order valence-electron chi connectivity index (χ2n) is 3.14. The van der Waals surface area contributed by atoms with Gasteiger partial charge >= 0.3 is 0 Å². The van der Waals surface area contributed by atoms with Crippen LogP contribution in [0.25, 0.3) is 0 Å². The topological polar surface area (TPSA) is 32.3 Å². The highest BCUT2D eigenvalue weighted by atomic mass is 79.9. The quantitative estimate of drug-likeness (QED) is 0.819. The van der Waals surface area contributed by atoms with Crippen molar-refractivity contribution in [3.05, 3.63) is 29.6 Å². The maximum Gasteiger partial charge on any atom is 0.146 e. The van der Waals surface area contributed by atoms with Crippen molar-refractivity contribution in [1.29, 1.82) is 0 Å². The molecule has 1 atom stereocenters. The minimum atomic E-state index is -0.665. The number of hydrogen-bond donors (Lipinski definition) is 2. The molecule has 0 aliphatic rings. The second kappa shape index (κ2) is 6.30. The van der Waals surface area contributed by atoms with Crippen LogP contribution in [0.2, 0.25) is 0 Å². The Morgan fingerprint density at radius 2 is 2.27 bits per heavy atom. The molecule has 1 unspecified atom stereocenters. The number of alkyl halides is 2. The fraction of sp³-hybridized carbons (Fsp3) is 0.400. The van der Waals surface area contributed by atoms with Gasteiger partial charge in [-0.15, -0.1) is 11.6 Å². The monoisotopic (exact) mass is 295 g/mol. The Kier molecular flexibility index (Phi) is 5.36. The third kappa shape index (κ3) is 3.97. The summed E-state index contributed by atoms with van der Waals surface area (Å²) in [5.74, 6) is -0.192. The Hall–Kier alpha value is -0.320. The molecule has 0 aliphatic carbocycles. The standard InChI is InChI=1S/C10H12BrClFNO/c11-4-7-1-2-10(9(13)3-7)14-6-8(15)5-12/h1-3,8,14-15H,4-6H2. The molecule has 1 rings (SSSR count). The van der Waals surface area contributed by atoms with Crippen LogP contribution in [-0.4, -0.2) is 23.6 Å². The number of halogens is 3. The minimum absolute atomic E-state index is 0.133. The molecule has 0 aliphatic heterocycles. The highest BCUT2D eigenvalue weighted by Gasteiger charge is 2.05. The average molecular weight is 297 g/mol. The molecule has 0 bridgehead atoms. The lowest BCUT2D eigenvalue weighted by Gasteiger charge is -2.11. The van der Waals surface area contributed by atoms with Crippen molar-refractivity contribution in [2.24, 2.45) is 0 Å². The van der Waals surface area contributed by atoms with E-state index >= 15 is 0 Å². The molecule has 84 valence electrons. The lowest BCUT2D eigenvalue weighted by Crippen LogP contribution is -2.21. The van der Waals surface area contributed by atoms with E-state index in [0.29, 0.717) is 11.0 Å². The lowest BCUT2D eigenvalue weighted by atomic mass is 10.2. The summed E-state index contributed by atoms with van der Waals surface area (Å²) in [4.78, 5) is 0. The van der Waals surface area contributed by atoms with Crippen LogP contribution in [0.15, 0.2) is 18.2 Å². The first-order chi connectivity index (χ1) is 7.17. The zero-order valence-electron chi connectivity index (χ0n) is 8.01. The third-order valence-corrected chi connectivity index (χ3v) is 2.90. The number of nitrogens with one attached hydrogen (secondary N) is 1. The van der Waals surface area contributed by atoms with E-state index in [0.717, 1.165) is 5.56 Å². The zero-order valence-corrected chi connectivity index (χ0v) is 10.4. The molecule has 0 heterocycles. The van der Waals surface area contributed by atoms with Gasteiger partial charge in [0.15, 0.2) is 0 Å². The SMILES string of the molecule is OC(CCl)CNc1ccc(CBr)cc1F. The van der Waals surface area contributed by atoms with E-state index in [1.807, 2.05) is 6.07 Å². The molecule has 0 saturated carbocycles. The second-order valence-corrected chi connectivity index (χ2v) is 4.01. The smallest absolute Gasteiger partial charge is 0.146 e. The average Bonchev–Trinajstić information content (AvgIpc) is 2.26. The molecule has 2 N–H and O–H groups in total. The van der Waals surface area contributed by atoms with Gasteiger partial charge in [-0.3, -0.25) is 0 Å². The van der Waals surface area contributed by atoms with Crippen LogP contribution in [0, 0.1) is 5.82 Å². The van der Waals surface area contributed by atoms with Crippen LogP contribution in [0.3, 0.4) is 0 Å². The number of anilines is 1. The van der Waals surface area contributed by atoms with E-state index < -0.39 is 6.10 Å².